The summed E-state index contributed by atoms with van der Waals surface area (Å²) in [5, 5.41) is 3.10. The number of methoxy groups -OCH3 is 1. The van der Waals surface area contributed by atoms with Crippen LogP contribution >= 0.6 is 0 Å². The molecule has 0 bridgehead atoms. The van der Waals surface area contributed by atoms with Crippen LogP contribution in [0.3, 0.4) is 0 Å². The van der Waals surface area contributed by atoms with Crippen LogP contribution in [0.5, 0.6) is 17.2 Å². The highest BCUT2D eigenvalue weighted by atomic mass is 16.5. The molecule has 1 aliphatic heterocycles. The van der Waals surface area contributed by atoms with Crippen LogP contribution in [0.2, 0.25) is 0 Å². The summed E-state index contributed by atoms with van der Waals surface area (Å²) in [4.78, 5) is 12.7. The van der Waals surface area contributed by atoms with Gasteiger partial charge in [0.05, 0.1) is 25.7 Å². The Morgan fingerprint density at radius 3 is 2.85 bits per heavy atom. The minimum absolute atomic E-state index is 0.00211. The minimum atomic E-state index is -0.184. The number of hydrogen-bond donors (Lipinski definition) is 1. The van der Waals surface area contributed by atoms with Crippen molar-refractivity contribution in [3.05, 3.63) is 53.6 Å². The molecule has 1 amide bonds. The standard InChI is InChI=1S/C22H27NO4/c1-4-11-26-20-10-9-16(13-21(20)25-3)15(2)23-22(24)18-12-17-7-5-6-8-19(17)27-14-18/h5-10,13,15,18H,4,11-12,14H2,1-3H3,(H,23,24)/t15-,18+/m0/s1. The van der Waals surface area contributed by atoms with Crippen molar-refractivity contribution >= 4 is 5.91 Å². The Morgan fingerprint density at radius 1 is 1.26 bits per heavy atom. The number of ether oxygens (including phenoxy) is 3. The second kappa shape index (κ2) is 8.80. The fourth-order valence-corrected chi connectivity index (χ4v) is 3.20. The fraction of sp³-hybridized carbons (Fsp3) is 0.409. The second-order valence-electron chi connectivity index (χ2n) is 6.81. The lowest BCUT2D eigenvalue weighted by atomic mass is 9.95. The summed E-state index contributed by atoms with van der Waals surface area (Å²) in [6.45, 7) is 5.08. The Labute approximate surface area is 160 Å². The molecule has 0 aromatic heterocycles. The van der Waals surface area contributed by atoms with Crippen molar-refractivity contribution in [3.8, 4) is 17.2 Å². The van der Waals surface area contributed by atoms with E-state index in [1.54, 1.807) is 7.11 Å². The largest absolute Gasteiger partial charge is 0.493 e. The third-order valence-corrected chi connectivity index (χ3v) is 4.76. The van der Waals surface area contributed by atoms with Crippen LogP contribution < -0.4 is 19.5 Å². The monoisotopic (exact) mass is 369 g/mol. The average molecular weight is 369 g/mol. The summed E-state index contributed by atoms with van der Waals surface area (Å²) in [6, 6.07) is 13.5. The third-order valence-electron chi connectivity index (χ3n) is 4.76. The normalized spacial score (nSPS) is 16.6. The van der Waals surface area contributed by atoms with E-state index in [0.717, 1.165) is 29.0 Å². The molecule has 5 nitrogen and oxygen atoms in total. The molecule has 1 aliphatic rings. The maximum atomic E-state index is 12.7. The Hall–Kier alpha value is -2.69. The maximum Gasteiger partial charge on any atom is 0.227 e. The molecule has 144 valence electrons. The van der Waals surface area contributed by atoms with Gasteiger partial charge in [0.15, 0.2) is 11.5 Å². The van der Waals surface area contributed by atoms with Crippen LogP contribution in [0.25, 0.3) is 0 Å². The number of nitrogens with one attached hydrogen (secondary N) is 1. The Balaban J connectivity index is 1.64. The van der Waals surface area contributed by atoms with E-state index in [4.69, 9.17) is 14.2 Å². The van der Waals surface area contributed by atoms with E-state index in [-0.39, 0.29) is 17.9 Å². The molecule has 0 radical (unpaired) electrons. The molecule has 0 saturated carbocycles. The third kappa shape index (κ3) is 4.54. The number of hydrogen-bond acceptors (Lipinski definition) is 4. The van der Waals surface area contributed by atoms with Gasteiger partial charge in [-0.3, -0.25) is 4.79 Å². The zero-order valence-corrected chi connectivity index (χ0v) is 16.2. The van der Waals surface area contributed by atoms with Gasteiger partial charge in [-0.05, 0) is 49.1 Å². The summed E-state index contributed by atoms with van der Waals surface area (Å²) >= 11 is 0. The highest BCUT2D eigenvalue weighted by Crippen LogP contribution is 2.31. The molecule has 0 fully saturated rings. The SMILES string of the molecule is CCCOc1ccc([C@H](C)NC(=O)[C@H]2COc3ccccc3C2)cc1OC. The van der Waals surface area contributed by atoms with Gasteiger partial charge in [-0.15, -0.1) is 0 Å². The zero-order valence-electron chi connectivity index (χ0n) is 16.2. The van der Waals surface area contributed by atoms with E-state index in [2.05, 4.69) is 12.2 Å². The number of carbonyl (C=O) groups is 1. The van der Waals surface area contributed by atoms with Gasteiger partial charge in [-0.25, -0.2) is 0 Å². The number of para-hydroxylation sites is 1. The first-order valence-electron chi connectivity index (χ1n) is 9.44. The lowest BCUT2D eigenvalue weighted by Gasteiger charge is -2.26. The summed E-state index contributed by atoms with van der Waals surface area (Å²) in [6.07, 6.45) is 1.63. The van der Waals surface area contributed by atoms with E-state index in [1.165, 1.54) is 0 Å². The van der Waals surface area contributed by atoms with Crippen LogP contribution in [0.4, 0.5) is 0 Å². The fourth-order valence-electron chi connectivity index (χ4n) is 3.20. The average Bonchev–Trinajstić information content (AvgIpc) is 2.71. The molecule has 3 rings (SSSR count). The number of rotatable bonds is 7. The topological polar surface area (TPSA) is 56.8 Å². The molecule has 1 N–H and O–H groups in total. The number of fused-ring (bicyclic) bond motifs is 1. The van der Waals surface area contributed by atoms with E-state index in [9.17, 15) is 4.79 Å². The van der Waals surface area contributed by atoms with Crippen LogP contribution in [0, 0.1) is 5.92 Å². The van der Waals surface area contributed by atoms with Crippen molar-refractivity contribution in [2.75, 3.05) is 20.3 Å². The lowest BCUT2D eigenvalue weighted by Crippen LogP contribution is -2.38. The van der Waals surface area contributed by atoms with Gasteiger partial charge in [-0.2, -0.15) is 0 Å². The highest BCUT2D eigenvalue weighted by molar-refractivity contribution is 5.80. The van der Waals surface area contributed by atoms with Crippen molar-refractivity contribution in [2.24, 2.45) is 5.92 Å². The molecule has 5 heteroatoms. The van der Waals surface area contributed by atoms with E-state index in [1.807, 2.05) is 49.4 Å². The number of carbonyl (C=O) groups excluding carboxylic acids is 1. The Bertz CT molecular complexity index is 790. The lowest BCUT2D eigenvalue weighted by molar-refractivity contribution is -0.126. The summed E-state index contributed by atoms with van der Waals surface area (Å²) in [5.74, 6) is 2.09. The summed E-state index contributed by atoms with van der Waals surface area (Å²) in [7, 11) is 1.62. The van der Waals surface area contributed by atoms with Crippen LogP contribution in [-0.2, 0) is 11.2 Å². The Morgan fingerprint density at radius 2 is 2.07 bits per heavy atom. The molecule has 2 aromatic rings. The van der Waals surface area contributed by atoms with Crippen molar-refractivity contribution in [2.45, 2.75) is 32.7 Å². The molecule has 2 atom stereocenters. The molecular formula is C22H27NO4. The Kier molecular flexibility index (Phi) is 6.22. The highest BCUT2D eigenvalue weighted by Gasteiger charge is 2.27. The van der Waals surface area contributed by atoms with Crippen molar-refractivity contribution in [3.63, 3.8) is 0 Å². The summed E-state index contributed by atoms with van der Waals surface area (Å²) < 4.78 is 16.9. The first-order chi connectivity index (χ1) is 13.1. The molecule has 0 spiro atoms. The molecule has 0 saturated heterocycles. The van der Waals surface area contributed by atoms with Gasteiger partial charge in [0, 0.05) is 0 Å². The predicted molar refractivity (Wildman–Crippen MR) is 104 cm³/mol. The van der Waals surface area contributed by atoms with E-state index >= 15 is 0 Å². The van der Waals surface area contributed by atoms with Gasteiger partial charge in [0.1, 0.15) is 12.4 Å². The van der Waals surface area contributed by atoms with Crippen molar-refractivity contribution in [1.29, 1.82) is 0 Å². The van der Waals surface area contributed by atoms with Crippen molar-refractivity contribution < 1.29 is 19.0 Å². The summed E-state index contributed by atoms with van der Waals surface area (Å²) in [5.41, 5.74) is 2.05. The molecular weight excluding hydrogens is 342 g/mol. The molecule has 2 aromatic carbocycles. The van der Waals surface area contributed by atoms with Crippen LogP contribution in [0.15, 0.2) is 42.5 Å². The number of amides is 1. The van der Waals surface area contributed by atoms with Gasteiger partial charge in [0.25, 0.3) is 0 Å². The van der Waals surface area contributed by atoms with Gasteiger partial charge in [-0.1, -0.05) is 31.2 Å². The second-order valence-corrected chi connectivity index (χ2v) is 6.81. The molecule has 1 heterocycles. The maximum absolute atomic E-state index is 12.7. The van der Waals surface area contributed by atoms with E-state index in [0.29, 0.717) is 25.4 Å². The van der Waals surface area contributed by atoms with Crippen LogP contribution in [-0.4, -0.2) is 26.2 Å². The zero-order chi connectivity index (χ0) is 19.2. The molecule has 0 aliphatic carbocycles. The first kappa shape index (κ1) is 19.1. The first-order valence-corrected chi connectivity index (χ1v) is 9.44. The molecule has 0 unspecified atom stereocenters. The number of benzene rings is 2. The smallest absolute Gasteiger partial charge is 0.227 e. The van der Waals surface area contributed by atoms with Gasteiger partial charge >= 0.3 is 0 Å². The minimum Gasteiger partial charge on any atom is -0.493 e. The van der Waals surface area contributed by atoms with Gasteiger partial charge in [0.2, 0.25) is 5.91 Å². The predicted octanol–water partition coefficient (Wildman–Crippen LogP) is 3.91. The quantitative estimate of drug-likeness (QED) is 0.804. The molecule has 27 heavy (non-hydrogen) atoms. The van der Waals surface area contributed by atoms with E-state index < -0.39 is 0 Å². The van der Waals surface area contributed by atoms with Crippen molar-refractivity contribution in [1.82, 2.24) is 5.32 Å². The van der Waals surface area contributed by atoms with Gasteiger partial charge < -0.3 is 19.5 Å². The van der Waals surface area contributed by atoms with Crippen LogP contribution in [0.1, 0.15) is 37.4 Å².